The van der Waals surface area contributed by atoms with Gasteiger partial charge in [0.25, 0.3) is 0 Å². The molecule has 2 rings (SSSR count). The van der Waals surface area contributed by atoms with Crippen LogP contribution in [0, 0.1) is 5.92 Å². The van der Waals surface area contributed by atoms with Crippen LogP contribution in [0.3, 0.4) is 0 Å². The van der Waals surface area contributed by atoms with Crippen LogP contribution in [-0.4, -0.2) is 31.9 Å². The molecular formula is C16H24N2O2S. The first-order chi connectivity index (χ1) is 10.1. The second-order valence-corrected chi connectivity index (χ2v) is 7.23. The van der Waals surface area contributed by atoms with E-state index >= 15 is 0 Å². The van der Waals surface area contributed by atoms with Crippen molar-refractivity contribution >= 4 is 16.1 Å². The Morgan fingerprint density at radius 3 is 2.62 bits per heavy atom. The molecule has 21 heavy (non-hydrogen) atoms. The molecule has 1 aromatic rings. The highest BCUT2D eigenvalue weighted by atomic mass is 32.2. The smallest absolute Gasteiger partial charge is 0.236 e. The van der Waals surface area contributed by atoms with Crippen molar-refractivity contribution in [2.24, 2.45) is 11.7 Å². The molecular weight excluding hydrogens is 284 g/mol. The molecule has 0 saturated heterocycles. The number of sulfonamides is 1. The Kier molecular flexibility index (Phi) is 5.56. The summed E-state index contributed by atoms with van der Waals surface area (Å²) in [5.41, 5.74) is 6.67. The minimum absolute atomic E-state index is 0.0467. The highest BCUT2D eigenvalue weighted by Crippen LogP contribution is 2.31. The summed E-state index contributed by atoms with van der Waals surface area (Å²) >= 11 is 0. The molecule has 0 radical (unpaired) electrons. The summed E-state index contributed by atoms with van der Waals surface area (Å²) in [6, 6.07) is 9.53. The van der Waals surface area contributed by atoms with Crippen molar-refractivity contribution in [3.63, 3.8) is 0 Å². The fourth-order valence-corrected chi connectivity index (χ4v) is 4.58. The summed E-state index contributed by atoms with van der Waals surface area (Å²) in [6.45, 7) is 2.93. The van der Waals surface area contributed by atoms with Crippen LogP contribution in [0.4, 0.5) is 0 Å². The van der Waals surface area contributed by atoms with Crippen molar-refractivity contribution in [2.75, 3.05) is 13.1 Å². The van der Waals surface area contributed by atoms with Crippen LogP contribution in [-0.2, 0) is 10.0 Å². The van der Waals surface area contributed by atoms with Gasteiger partial charge < -0.3 is 5.73 Å². The van der Waals surface area contributed by atoms with Gasteiger partial charge >= 0.3 is 0 Å². The van der Waals surface area contributed by atoms with Crippen LogP contribution in [0.1, 0.15) is 31.7 Å². The number of rotatable bonds is 6. The second-order valence-electron chi connectivity index (χ2n) is 5.46. The molecule has 5 heteroatoms. The quantitative estimate of drug-likeness (QED) is 0.878. The van der Waals surface area contributed by atoms with Crippen molar-refractivity contribution in [3.05, 3.63) is 41.3 Å². The highest BCUT2D eigenvalue weighted by Gasteiger charge is 2.35. The van der Waals surface area contributed by atoms with E-state index in [1.54, 1.807) is 10.4 Å². The molecule has 2 atom stereocenters. The summed E-state index contributed by atoms with van der Waals surface area (Å²) < 4.78 is 26.8. The molecule has 2 N–H and O–H groups in total. The van der Waals surface area contributed by atoms with E-state index in [0.29, 0.717) is 13.1 Å². The Bertz CT molecular complexity index is 569. The Morgan fingerprint density at radius 2 is 2.00 bits per heavy atom. The van der Waals surface area contributed by atoms with Crippen LogP contribution < -0.4 is 5.73 Å². The van der Waals surface area contributed by atoms with Crippen molar-refractivity contribution in [2.45, 2.75) is 32.2 Å². The monoisotopic (exact) mass is 308 g/mol. The Labute approximate surface area is 127 Å². The Balaban J connectivity index is 2.18. The van der Waals surface area contributed by atoms with Gasteiger partial charge in [0.2, 0.25) is 10.0 Å². The van der Waals surface area contributed by atoms with Gasteiger partial charge in [-0.3, -0.25) is 0 Å². The molecule has 1 aliphatic carbocycles. The number of benzene rings is 1. The SMILES string of the molecule is CCN(C1CCCC1CN)S(=O)(=O)C=Cc1ccccc1. The summed E-state index contributed by atoms with van der Waals surface area (Å²) in [5, 5.41) is 1.32. The maximum Gasteiger partial charge on any atom is 0.236 e. The standard InChI is InChI=1S/C16H24N2O2S/c1-2-18(16-10-6-9-15(16)13-17)21(19,20)12-11-14-7-4-3-5-8-14/h3-5,7-8,11-12,15-16H,2,6,9-10,13,17H2,1H3. The van der Waals surface area contributed by atoms with E-state index in [1.807, 2.05) is 37.3 Å². The van der Waals surface area contributed by atoms with Crippen LogP contribution in [0.5, 0.6) is 0 Å². The fraction of sp³-hybridized carbons (Fsp3) is 0.500. The van der Waals surface area contributed by atoms with E-state index in [2.05, 4.69) is 0 Å². The molecule has 2 unspecified atom stereocenters. The molecule has 4 nitrogen and oxygen atoms in total. The van der Waals surface area contributed by atoms with Crippen molar-refractivity contribution in [1.82, 2.24) is 4.31 Å². The first kappa shape index (κ1) is 16.2. The van der Waals surface area contributed by atoms with Gasteiger partial charge in [-0.15, -0.1) is 0 Å². The van der Waals surface area contributed by atoms with E-state index in [0.717, 1.165) is 24.8 Å². The summed E-state index contributed by atoms with van der Waals surface area (Å²) in [4.78, 5) is 0. The summed E-state index contributed by atoms with van der Waals surface area (Å²) in [6.07, 6.45) is 4.65. The van der Waals surface area contributed by atoms with Crippen molar-refractivity contribution in [3.8, 4) is 0 Å². The minimum atomic E-state index is -3.40. The van der Waals surface area contributed by atoms with E-state index in [-0.39, 0.29) is 12.0 Å². The zero-order valence-electron chi connectivity index (χ0n) is 12.5. The molecule has 0 amide bonds. The van der Waals surface area contributed by atoms with Gasteiger partial charge in [-0.05, 0) is 36.9 Å². The number of hydrogen-bond donors (Lipinski definition) is 1. The third-order valence-corrected chi connectivity index (χ3v) is 5.82. The Hall–Kier alpha value is -1.17. The second kappa shape index (κ2) is 7.20. The number of nitrogens with two attached hydrogens (primary N) is 1. The van der Waals surface area contributed by atoms with Crippen molar-refractivity contribution < 1.29 is 8.42 Å². The van der Waals surface area contributed by atoms with Crippen LogP contribution in [0.25, 0.3) is 6.08 Å². The number of hydrogen-bond acceptors (Lipinski definition) is 3. The summed E-state index contributed by atoms with van der Waals surface area (Å²) in [7, 11) is -3.40. The molecule has 1 aromatic carbocycles. The molecule has 1 fully saturated rings. The van der Waals surface area contributed by atoms with Gasteiger partial charge in [0, 0.05) is 18.0 Å². The maximum atomic E-state index is 12.6. The van der Waals surface area contributed by atoms with Gasteiger partial charge in [-0.1, -0.05) is 43.7 Å². The lowest BCUT2D eigenvalue weighted by Gasteiger charge is -2.29. The molecule has 1 aliphatic rings. The zero-order chi connectivity index (χ0) is 15.3. The van der Waals surface area contributed by atoms with E-state index in [9.17, 15) is 8.42 Å². The third-order valence-electron chi connectivity index (χ3n) is 4.16. The lowest BCUT2D eigenvalue weighted by atomic mass is 10.0. The van der Waals surface area contributed by atoms with Gasteiger partial charge in [0.05, 0.1) is 0 Å². The molecule has 0 bridgehead atoms. The molecule has 0 spiro atoms. The molecule has 1 saturated carbocycles. The highest BCUT2D eigenvalue weighted by molar-refractivity contribution is 7.92. The average molecular weight is 308 g/mol. The topological polar surface area (TPSA) is 63.4 Å². The zero-order valence-corrected chi connectivity index (χ0v) is 13.3. The van der Waals surface area contributed by atoms with Crippen molar-refractivity contribution in [1.29, 1.82) is 0 Å². The van der Waals surface area contributed by atoms with E-state index < -0.39 is 10.0 Å². The normalized spacial score (nSPS) is 23.2. The van der Waals surface area contributed by atoms with Gasteiger partial charge in [0.1, 0.15) is 0 Å². The maximum absolute atomic E-state index is 12.6. The molecule has 0 aromatic heterocycles. The largest absolute Gasteiger partial charge is 0.330 e. The minimum Gasteiger partial charge on any atom is -0.330 e. The average Bonchev–Trinajstić information content (AvgIpc) is 2.95. The Morgan fingerprint density at radius 1 is 1.29 bits per heavy atom. The first-order valence-corrected chi connectivity index (χ1v) is 9.04. The lowest BCUT2D eigenvalue weighted by Crippen LogP contribution is -2.43. The molecule has 0 heterocycles. The number of nitrogens with zero attached hydrogens (tertiary/aromatic N) is 1. The lowest BCUT2D eigenvalue weighted by molar-refractivity contribution is 0.279. The van der Waals surface area contributed by atoms with Crippen LogP contribution in [0.2, 0.25) is 0 Å². The van der Waals surface area contributed by atoms with Gasteiger partial charge in [0.15, 0.2) is 0 Å². The summed E-state index contributed by atoms with van der Waals surface area (Å²) in [5.74, 6) is 0.282. The predicted octanol–water partition coefficient (Wildman–Crippen LogP) is 2.44. The van der Waals surface area contributed by atoms with Crippen LogP contribution in [0.15, 0.2) is 35.7 Å². The van der Waals surface area contributed by atoms with E-state index in [4.69, 9.17) is 5.73 Å². The first-order valence-electron chi connectivity index (χ1n) is 7.53. The predicted molar refractivity (Wildman–Crippen MR) is 87.0 cm³/mol. The van der Waals surface area contributed by atoms with Gasteiger partial charge in [-0.25, -0.2) is 8.42 Å². The van der Waals surface area contributed by atoms with Gasteiger partial charge in [-0.2, -0.15) is 4.31 Å². The molecule has 116 valence electrons. The van der Waals surface area contributed by atoms with E-state index in [1.165, 1.54) is 5.41 Å². The fourth-order valence-electron chi connectivity index (χ4n) is 3.08. The molecule has 0 aliphatic heterocycles. The van der Waals surface area contributed by atoms with Crippen LogP contribution >= 0.6 is 0 Å². The third kappa shape index (κ3) is 3.93.